The van der Waals surface area contributed by atoms with Crippen LogP contribution in [0.4, 0.5) is 10.8 Å². The van der Waals surface area contributed by atoms with Crippen LogP contribution in [0, 0.1) is 13.8 Å². The molecular weight excluding hydrogens is 352 g/mol. The van der Waals surface area contributed by atoms with E-state index in [1.165, 1.54) is 11.3 Å². The number of nitrogens with zero attached hydrogens (tertiary/aromatic N) is 1. The maximum absolute atomic E-state index is 12.2. The number of nitrogens with one attached hydrogen (secondary N) is 3. The van der Waals surface area contributed by atoms with E-state index in [1.807, 2.05) is 32.0 Å². The molecular formula is C18H20N4O3S. The number of aromatic nitrogens is 1. The molecule has 8 heteroatoms. The lowest BCUT2D eigenvalue weighted by atomic mass is 10.1. The van der Waals surface area contributed by atoms with Crippen LogP contribution in [0.1, 0.15) is 29.7 Å². The van der Waals surface area contributed by atoms with Crippen molar-refractivity contribution >= 4 is 39.9 Å². The molecule has 3 rings (SSSR count). The zero-order valence-corrected chi connectivity index (χ0v) is 15.4. The molecule has 1 unspecified atom stereocenters. The SMILES string of the molecule is Cc1cccc(NC(=O)Cc2csc(NC(=O)C3CCC(=O)N3)n2)c1C. The van der Waals surface area contributed by atoms with Crippen LogP contribution in [-0.2, 0) is 20.8 Å². The van der Waals surface area contributed by atoms with E-state index >= 15 is 0 Å². The van der Waals surface area contributed by atoms with E-state index in [2.05, 4.69) is 20.9 Å². The number of carbonyl (C=O) groups is 3. The van der Waals surface area contributed by atoms with Crippen molar-refractivity contribution in [1.29, 1.82) is 0 Å². The molecule has 2 aromatic rings. The quantitative estimate of drug-likeness (QED) is 0.749. The second-order valence-corrected chi connectivity index (χ2v) is 7.12. The second-order valence-electron chi connectivity index (χ2n) is 6.26. The third-order valence-corrected chi connectivity index (χ3v) is 5.12. The summed E-state index contributed by atoms with van der Waals surface area (Å²) in [6.45, 7) is 3.95. The number of hydrogen-bond acceptors (Lipinski definition) is 5. The lowest BCUT2D eigenvalue weighted by Crippen LogP contribution is -2.37. The van der Waals surface area contributed by atoms with Gasteiger partial charge in [-0.25, -0.2) is 4.98 Å². The largest absolute Gasteiger partial charge is 0.344 e. The summed E-state index contributed by atoms with van der Waals surface area (Å²) in [4.78, 5) is 39.8. The molecule has 7 nitrogen and oxygen atoms in total. The number of thiazole rings is 1. The Hall–Kier alpha value is -2.74. The molecule has 3 N–H and O–H groups in total. The lowest BCUT2D eigenvalue weighted by Gasteiger charge is -2.09. The van der Waals surface area contributed by atoms with E-state index in [0.29, 0.717) is 23.7 Å². The molecule has 1 aromatic heterocycles. The highest BCUT2D eigenvalue weighted by molar-refractivity contribution is 7.13. The van der Waals surface area contributed by atoms with Gasteiger partial charge in [-0.15, -0.1) is 11.3 Å². The monoisotopic (exact) mass is 372 g/mol. The molecule has 0 aliphatic carbocycles. The van der Waals surface area contributed by atoms with Crippen LogP contribution in [0.3, 0.4) is 0 Å². The van der Waals surface area contributed by atoms with E-state index in [1.54, 1.807) is 5.38 Å². The first-order valence-electron chi connectivity index (χ1n) is 8.33. The maximum Gasteiger partial charge on any atom is 0.248 e. The first-order chi connectivity index (χ1) is 12.4. The minimum atomic E-state index is -0.512. The van der Waals surface area contributed by atoms with E-state index in [4.69, 9.17) is 0 Å². The molecule has 0 saturated carbocycles. The van der Waals surface area contributed by atoms with Crippen LogP contribution < -0.4 is 16.0 Å². The summed E-state index contributed by atoms with van der Waals surface area (Å²) < 4.78 is 0. The number of aryl methyl sites for hydroxylation is 1. The van der Waals surface area contributed by atoms with Gasteiger partial charge in [0.05, 0.1) is 12.1 Å². The third-order valence-electron chi connectivity index (χ3n) is 4.31. The van der Waals surface area contributed by atoms with Crippen LogP contribution >= 0.6 is 11.3 Å². The van der Waals surface area contributed by atoms with E-state index in [9.17, 15) is 14.4 Å². The predicted molar refractivity (Wildman–Crippen MR) is 100 cm³/mol. The van der Waals surface area contributed by atoms with Crippen molar-refractivity contribution in [2.24, 2.45) is 0 Å². The lowest BCUT2D eigenvalue weighted by molar-refractivity contribution is -0.122. The molecule has 1 aliphatic heterocycles. The van der Waals surface area contributed by atoms with Gasteiger partial charge in [0, 0.05) is 17.5 Å². The zero-order chi connectivity index (χ0) is 18.7. The molecule has 1 aromatic carbocycles. The molecule has 2 heterocycles. The van der Waals surface area contributed by atoms with Crippen molar-refractivity contribution in [3.8, 4) is 0 Å². The molecule has 0 spiro atoms. The highest BCUT2D eigenvalue weighted by atomic mass is 32.1. The van der Waals surface area contributed by atoms with Gasteiger partial charge in [-0.2, -0.15) is 0 Å². The topological polar surface area (TPSA) is 100 Å². The average Bonchev–Trinajstić information content (AvgIpc) is 3.21. The summed E-state index contributed by atoms with van der Waals surface area (Å²) in [6, 6.07) is 5.24. The normalized spacial score (nSPS) is 16.2. The predicted octanol–water partition coefficient (Wildman–Crippen LogP) is 2.16. The summed E-state index contributed by atoms with van der Waals surface area (Å²) in [6.07, 6.45) is 0.973. The molecule has 0 bridgehead atoms. The Morgan fingerprint density at radius 2 is 2.12 bits per heavy atom. The standard InChI is InChI=1S/C18H20N4O3S/c1-10-4-3-5-13(11(10)2)20-16(24)8-12-9-26-18(19-12)22-17(25)14-6-7-15(23)21-14/h3-5,9,14H,6-8H2,1-2H3,(H,20,24)(H,21,23)(H,19,22,25). The molecule has 26 heavy (non-hydrogen) atoms. The molecule has 1 aliphatic rings. The third kappa shape index (κ3) is 4.26. The van der Waals surface area contributed by atoms with Crippen LogP contribution in [0.2, 0.25) is 0 Å². The Morgan fingerprint density at radius 1 is 1.31 bits per heavy atom. The summed E-state index contributed by atoms with van der Waals surface area (Å²) in [5, 5.41) is 10.4. The fourth-order valence-corrected chi connectivity index (χ4v) is 3.41. The Bertz CT molecular complexity index is 862. The van der Waals surface area contributed by atoms with Crippen LogP contribution in [0.25, 0.3) is 0 Å². The van der Waals surface area contributed by atoms with Crippen molar-refractivity contribution in [1.82, 2.24) is 10.3 Å². The first-order valence-corrected chi connectivity index (χ1v) is 9.21. The smallest absolute Gasteiger partial charge is 0.248 e. The van der Waals surface area contributed by atoms with Crippen molar-refractivity contribution < 1.29 is 14.4 Å². The molecule has 1 atom stereocenters. The number of hydrogen-bond donors (Lipinski definition) is 3. The van der Waals surface area contributed by atoms with Gasteiger partial charge in [-0.1, -0.05) is 12.1 Å². The van der Waals surface area contributed by atoms with Crippen molar-refractivity contribution in [2.45, 2.75) is 39.2 Å². The van der Waals surface area contributed by atoms with E-state index < -0.39 is 6.04 Å². The van der Waals surface area contributed by atoms with Gasteiger partial charge >= 0.3 is 0 Å². The van der Waals surface area contributed by atoms with Gasteiger partial charge in [-0.3, -0.25) is 14.4 Å². The first kappa shape index (κ1) is 18.1. The highest BCUT2D eigenvalue weighted by Crippen LogP contribution is 2.20. The number of carbonyl (C=O) groups excluding carboxylic acids is 3. The summed E-state index contributed by atoms with van der Waals surface area (Å²) in [5.74, 6) is -0.561. The molecule has 1 saturated heterocycles. The van der Waals surface area contributed by atoms with Gasteiger partial charge in [0.25, 0.3) is 0 Å². The van der Waals surface area contributed by atoms with Gasteiger partial charge in [-0.05, 0) is 37.5 Å². The molecule has 3 amide bonds. The van der Waals surface area contributed by atoms with Gasteiger partial charge < -0.3 is 16.0 Å². The molecule has 1 fully saturated rings. The Labute approximate surface area is 155 Å². The van der Waals surface area contributed by atoms with Gasteiger partial charge in [0.15, 0.2) is 5.13 Å². The van der Waals surface area contributed by atoms with Gasteiger partial charge in [0.1, 0.15) is 6.04 Å². The maximum atomic E-state index is 12.2. The van der Waals surface area contributed by atoms with Crippen LogP contribution in [0.15, 0.2) is 23.6 Å². The second kappa shape index (κ2) is 7.65. The van der Waals surface area contributed by atoms with Crippen LogP contribution in [0.5, 0.6) is 0 Å². The summed E-state index contributed by atoms with van der Waals surface area (Å²) in [5.41, 5.74) is 3.52. The van der Waals surface area contributed by atoms with Crippen molar-refractivity contribution in [2.75, 3.05) is 10.6 Å². The zero-order valence-electron chi connectivity index (χ0n) is 14.6. The summed E-state index contributed by atoms with van der Waals surface area (Å²) >= 11 is 1.26. The number of benzene rings is 1. The van der Waals surface area contributed by atoms with Gasteiger partial charge in [0.2, 0.25) is 17.7 Å². The Balaban J connectivity index is 1.56. The summed E-state index contributed by atoms with van der Waals surface area (Å²) in [7, 11) is 0. The Kier molecular flexibility index (Phi) is 5.32. The average molecular weight is 372 g/mol. The number of amides is 3. The Morgan fingerprint density at radius 3 is 2.85 bits per heavy atom. The van der Waals surface area contributed by atoms with Crippen molar-refractivity contribution in [3.05, 3.63) is 40.4 Å². The molecule has 0 radical (unpaired) electrons. The fourth-order valence-electron chi connectivity index (χ4n) is 2.69. The van der Waals surface area contributed by atoms with E-state index in [0.717, 1.165) is 16.8 Å². The highest BCUT2D eigenvalue weighted by Gasteiger charge is 2.27. The van der Waals surface area contributed by atoms with Crippen LogP contribution in [-0.4, -0.2) is 28.7 Å². The number of rotatable bonds is 5. The van der Waals surface area contributed by atoms with E-state index in [-0.39, 0.29) is 24.1 Å². The minimum absolute atomic E-state index is 0.118. The minimum Gasteiger partial charge on any atom is -0.344 e. The fraction of sp³-hybridized carbons (Fsp3) is 0.333. The number of anilines is 2. The molecule has 136 valence electrons. The van der Waals surface area contributed by atoms with Crippen molar-refractivity contribution in [3.63, 3.8) is 0 Å².